The number of pyridine rings is 1. The van der Waals surface area contributed by atoms with Gasteiger partial charge in [0.15, 0.2) is 23.8 Å². The second-order valence-electron chi connectivity index (χ2n) is 6.41. The molecule has 3 aromatic rings. The molecule has 154 valence electrons. The zero-order chi connectivity index (χ0) is 21.1. The number of hydrogen-bond donors (Lipinski definition) is 1. The molecule has 0 spiro atoms. The van der Waals surface area contributed by atoms with Gasteiger partial charge in [-0.05, 0) is 35.9 Å². The number of carbonyl (C=O) groups is 2. The van der Waals surface area contributed by atoms with Crippen LogP contribution in [0.5, 0.6) is 17.2 Å². The van der Waals surface area contributed by atoms with E-state index in [9.17, 15) is 9.59 Å². The molecule has 0 unspecified atom stereocenters. The molecule has 2 aromatic carbocycles. The largest absolute Gasteiger partial charge is 0.483 e. The van der Waals surface area contributed by atoms with Crippen LogP contribution in [0.25, 0.3) is 10.9 Å². The Labute approximate surface area is 176 Å². The highest BCUT2D eigenvalue weighted by Gasteiger charge is 2.16. The molecule has 30 heavy (non-hydrogen) atoms. The fourth-order valence-electron chi connectivity index (χ4n) is 2.94. The number of aromatic nitrogens is 1. The third-order valence-electron chi connectivity index (χ3n) is 4.41. The average molecular weight is 429 g/mol. The van der Waals surface area contributed by atoms with Crippen molar-refractivity contribution in [3.63, 3.8) is 0 Å². The minimum Gasteiger partial charge on any atom is -0.483 e. The van der Waals surface area contributed by atoms with E-state index >= 15 is 0 Å². The van der Waals surface area contributed by atoms with Crippen LogP contribution in [-0.4, -0.2) is 37.4 Å². The van der Waals surface area contributed by atoms with E-state index < -0.39 is 5.97 Å². The van der Waals surface area contributed by atoms with E-state index in [2.05, 4.69) is 10.3 Å². The highest BCUT2D eigenvalue weighted by Crippen LogP contribution is 2.32. The summed E-state index contributed by atoms with van der Waals surface area (Å²) in [5.41, 5.74) is 1.43. The first-order valence-corrected chi connectivity index (χ1v) is 9.38. The van der Waals surface area contributed by atoms with Crippen molar-refractivity contribution >= 4 is 34.4 Å². The van der Waals surface area contributed by atoms with Gasteiger partial charge in [-0.1, -0.05) is 17.7 Å². The predicted molar refractivity (Wildman–Crippen MR) is 108 cm³/mol. The molecule has 1 amide bonds. The molecule has 0 bridgehead atoms. The topological polar surface area (TPSA) is 96.0 Å². The lowest BCUT2D eigenvalue weighted by atomic mass is 10.2. The van der Waals surface area contributed by atoms with Crippen molar-refractivity contribution in [1.82, 2.24) is 10.3 Å². The number of carbonyl (C=O) groups excluding carboxylic acids is 2. The highest BCUT2D eigenvalue weighted by molar-refractivity contribution is 6.31. The summed E-state index contributed by atoms with van der Waals surface area (Å²) in [6, 6.07) is 11.8. The molecule has 1 aliphatic heterocycles. The molecule has 0 saturated carbocycles. The van der Waals surface area contributed by atoms with Crippen molar-refractivity contribution in [2.45, 2.75) is 6.54 Å². The van der Waals surface area contributed by atoms with Crippen LogP contribution in [0.2, 0.25) is 5.02 Å². The molecule has 0 fully saturated rings. The lowest BCUT2D eigenvalue weighted by Crippen LogP contribution is -2.28. The smallest absolute Gasteiger partial charge is 0.356 e. The first-order chi connectivity index (χ1) is 14.5. The number of nitrogens with one attached hydrogen (secondary N) is 1. The number of benzene rings is 2. The van der Waals surface area contributed by atoms with Gasteiger partial charge in [0.1, 0.15) is 5.75 Å². The summed E-state index contributed by atoms with van der Waals surface area (Å²) in [4.78, 5) is 28.4. The van der Waals surface area contributed by atoms with Gasteiger partial charge in [-0.25, -0.2) is 9.78 Å². The fraction of sp³-hybridized carbons (Fsp3) is 0.190. The van der Waals surface area contributed by atoms with Crippen LogP contribution >= 0.6 is 11.6 Å². The van der Waals surface area contributed by atoms with E-state index in [0.29, 0.717) is 39.7 Å². The SMILES string of the molecule is COC(=O)c1cc(OCC(=O)NCc2ccc3c(c2)OCO3)c2cc(Cl)ccc2n1. The summed E-state index contributed by atoms with van der Waals surface area (Å²) in [6.45, 7) is 0.239. The normalized spacial score (nSPS) is 11.9. The molecule has 1 aliphatic rings. The van der Waals surface area contributed by atoms with E-state index in [-0.39, 0.29) is 25.0 Å². The number of nitrogens with zero attached hydrogens (tertiary/aromatic N) is 1. The standard InChI is InChI=1S/C21H17ClN2O6/c1-27-21(26)16-8-18(14-7-13(22)3-4-15(14)24-16)28-10-20(25)23-9-12-2-5-17-19(6-12)30-11-29-17/h2-8H,9-11H2,1H3,(H,23,25). The van der Waals surface area contributed by atoms with Crippen molar-refractivity contribution in [2.24, 2.45) is 0 Å². The van der Waals surface area contributed by atoms with Crippen molar-refractivity contribution in [3.8, 4) is 17.2 Å². The third kappa shape index (κ3) is 4.23. The maximum Gasteiger partial charge on any atom is 0.356 e. The number of rotatable bonds is 6. The van der Waals surface area contributed by atoms with E-state index in [0.717, 1.165) is 5.56 Å². The van der Waals surface area contributed by atoms with Crippen LogP contribution in [0, 0.1) is 0 Å². The minimum atomic E-state index is -0.607. The first kappa shape index (κ1) is 19.8. The number of halogens is 1. The molecule has 0 aliphatic carbocycles. The molecule has 4 rings (SSSR count). The molecular weight excluding hydrogens is 412 g/mol. The van der Waals surface area contributed by atoms with Crippen LogP contribution in [0.3, 0.4) is 0 Å². The minimum absolute atomic E-state index is 0.0723. The average Bonchev–Trinajstić information content (AvgIpc) is 3.23. The van der Waals surface area contributed by atoms with Crippen molar-refractivity contribution in [2.75, 3.05) is 20.5 Å². The Kier molecular flexibility index (Phi) is 5.58. The van der Waals surface area contributed by atoms with Gasteiger partial charge in [0.05, 0.1) is 12.6 Å². The Hall–Kier alpha value is -3.52. The number of fused-ring (bicyclic) bond motifs is 2. The quantitative estimate of drug-likeness (QED) is 0.602. The maximum atomic E-state index is 12.3. The molecular formula is C21H17ClN2O6. The Balaban J connectivity index is 1.45. The molecule has 8 nitrogen and oxygen atoms in total. The summed E-state index contributed by atoms with van der Waals surface area (Å²) in [7, 11) is 1.26. The van der Waals surface area contributed by atoms with Gasteiger partial charge in [0.2, 0.25) is 6.79 Å². The van der Waals surface area contributed by atoms with Crippen LogP contribution in [0.1, 0.15) is 16.1 Å². The van der Waals surface area contributed by atoms with E-state index in [1.54, 1.807) is 24.3 Å². The molecule has 0 radical (unpaired) electrons. The number of methoxy groups -OCH3 is 1. The number of hydrogen-bond acceptors (Lipinski definition) is 7. The molecule has 0 saturated heterocycles. The van der Waals surface area contributed by atoms with E-state index in [1.165, 1.54) is 13.2 Å². The van der Waals surface area contributed by atoms with E-state index in [1.807, 2.05) is 12.1 Å². The summed E-state index contributed by atoms with van der Waals surface area (Å²) in [5.74, 6) is 0.691. The second-order valence-corrected chi connectivity index (χ2v) is 6.85. The molecule has 0 atom stereocenters. The van der Waals surface area contributed by atoms with Gasteiger partial charge >= 0.3 is 5.97 Å². The van der Waals surface area contributed by atoms with Gasteiger partial charge in [0.25, 0.3) is 5.91 Å². The first-order valence-electron chi connectivity index (χ1n) is 9.00. The number of amides is 1. The summed E-state index contributed by atoms with van der Waals surface area (Å²) >= 11 is 6.07. The van der Waals surface area contributed by atoms with Gasteiger partial charge in [-0.2, -0.15) is 0 Å². The summed E-state index contributed by atoms with van der Waals surface area (Å²) in [6.07, 6.45) is 0. The number of esters is 1. The van der Waals surface area contributed by atoms with Gasteiger partial charge in [-0.3, -0.25) is 4.79 Å². The van der Waals surface area contributed by atoms with Crippen LogP contribution in [-0.2, 0) is 16.1 Å². The van der Waals surface area contributed by atoms with E-state index in [4.69, 9.17) is 30.5 Å². The Bertz CT molecular complexity index is 1130. The Morgan fingerprint density at radius 2 is 1.97 bits per heavy atom. The molecule has 2 heterocycles. The molecule has 1 aromatic heterocycles. The zero-order valence-electron chi connectivity index (χ0n) is 15.9. The molecule has 1 N–H and O–H groups in total. The van der Waals surface area contributed by atoms with Crippen molar-refractivity contribution < 1.29 is 28.5 Å². The predicted octanol–water partition coefficient (Wildman–Crippen LogP) is 3.10. The van der Waals surface area contributed by atoms with Crippen LogP contribution in [0.4, 0.5) is 0 Å². The fourth-order valence-corrected chi connectivity index (χ4v) is 3.11. The third-order valence-corrected chi connectivity index (χ3v) is 4.65. The van der Waals surface area contributed by atoms with Crippen LogP contribution < -0.4 is 19.5 Å². The van der Waals surface area contributed by atoms with Gasteiger partial charge in [0, 0.05) is 23.0 Å². The lowest BCUT2D eigenvalue weighted by molar-refractivity contribution is -0.123. The highest BCUT2D eigenvalue weighted by atomic mass is 35.5. The van der Waals surface area contributed by atoms with Crippen molar-refractivity contribution in [1.29, 1.82) is 0 Å². The zero-order valence-corrected chi connectivity index (χ0v) is 16.7. The van der Waals surface area contributed by atoms with Gasteiger partial charge in [-0.15, -0.1) is 0 Å². The lowest BCUT2D eigenvalue weighted by Gasteiger charge is -2.11. The Morgan fingerprint density at radius 1 is 1.13 bits per heavy atom. The Morgan fingerprint density at radius 3 is 2.80 bits per heavy atom. The van der Waals surface area contributed by atoms with Crippen molar-refractivity contribution in [3.05, 3.63) is 58.7 Å². The summed E-state index contributed by atoms with van der Waals surface area (Å²) in [5, 5.41) is 3.84. The number of ether oxygens (including phenoxy) is 4. The monoisotopic (exact) mass is 428 g/mol. The molecule has 9 heteroatoms. The second kappa shape index (κ2) is 8.46. The summed E-state index contributed by atoms with van der Waals surface area (Å²) < 4.78 is 21.0. The van der Waals surface area contributed by atoms with Gasteiger partial charge < -0.3 is 24.3 Å². The van der Waals surface area contributed by atoms with Crippen LogP contribution in [0.15, 0.2) is 42.5 Å². The maximum absolute atomic E-state index is 12.3.